The molecule has 1 aromatic carbocycles. The summed E-state index contributed by atoms with van der Waals surface area (Å²) < 4.78 is 36.2. The van der Waals surface area contributed by atoms with Gasteiger partial charge in [0.05, 0.1) is 30.1 Å². The van der Waals surface area contributed by atoms with Crippen molar-refractivity contribution in [3.63, 3.8) is 0 Å². The molecule has 2 saturated heterocycles. The van der Waals surface area contributed by atoms with Crippen LogP contribution in [0.25, 0.3) is 0 Å². The van der Waals surface area contributed by atoms with Crippen LogP contribution in [0.1, 0.15) is 0 Å². The second-order valence-electron chi connectivity index (χ2n) is 5.36. The molecule has 0 aliphatic carbocycles. The molecule has 1 aromatic rings. The summed E-state index contributed by atoms with van der Waals surface area (Å²) in [6.07, 6.45) is 0. The van der Waals surface area contributed by atoms with Gasteiger partial charge in [-0.05, 0) is 12.1 Å². The molecule has 0 aromatic heterocycles. The van der Waals surface area contributed by atoms with Crippen LogP contribution in [0.15, 0.2) is 23.1 Å². The summed E-state index contributed by atoms with van der Waals surface area (Å²) in [6, 6.07) is 3.66. The Hall–Kier alpha value is -1.71. The number of benzene rings is 1. The van der Waals surface area contributed by atoms with E-state index in [4.69, 9.17) is 9.47 Å². The van der Waals surface area contributed by atoms with Gasteiger partial charge >= 0.3 is 5.69 Å². The van der Waals surface area contributed by atoms with Crippen molar-refractivity contribution in [1.29, 1.82) is 0 Å². The molecule has 0 saturated carbocycles. The fraction of sp³-hybridized carbons (Fsp3) is 0.500. The van der Waals surface area contributed by atoms with Crippen LogP contribution in [0.3, 0.4) is 0 Å². The van der Waals surface area contributed by atoms with Crippen molar-refractivity contribution in [1.82, 2.24) is 4.31 Å². The molecule has 0 bridgehead atoms. The smallest absolute Gasteiger partial charge is 0.312 e. The Kier molecular flexibility index (Phi) is 3.15. The van der Waals surface area contributed by atoms with Crippen LogP contribution in [0.4, 0.5) is 5.69 Å². The maximum atomic E-state index is 12.4. The van der Waals surface area contributed by atoms with Crippen LogP contribution in [-0.4, -0.2) is 51.1 Å². The average Bonchev–Trinajstić information content (AvgIpc) is 2.34. The lowest BCUT2D eigenvalue weighted by molar-refractivity contribution is -0.386. The molecule has 2 aliphatic heterocycles. The van der Waals surface area contributed by atoms with Gasteiger partial charge in [-0.25, -0.2) is 8.42 Å². The molecule has 3 rings (SSSR count). The van der Waals surface area contributed by atoms with Gasteiger partial charge in [0.1, 0.15) is 0 Å². The van der Waals surface area contributed by atoms with Crippen molar-refractivity contribution < 1.29 is 22.8 Å². The summed E-state index contributed by atoms with van der Waals surface area (Å²) in [5.74, 6) is 0.0337. The van der Waals surface area contributed by atoms with E-state index < -0.39 is 14.9 Å². The number of nitro benzene ring substituents is 1. The molecule has 9 heteroatoms. The highest BCUT2D eigenvalue weighted by molar-refractivity contribution is 7.89. The number of hydrogen-bond acceptors (Lipinski definition) is 6. The number of rotatable bonds is 4. The third-order valence-electron chi connectivity index (χ3n) is 3.82. The van der Waals surface area contributed by atoms with E-state index >= 15 is 0 Å². The maximum Gasteiger partial charge on any atom is 0.312 e. The van der Waals surface area contributed by atoms with Crippen molar-refractivity contribution in [3.05, 3.63) is 28.3 Å². The number of methoxy groups -OCH3 is 1. The zero-order valence-electron chi connectivity index (χ0n) is 11.3. The molecule has 0 N–H and O–H groups in total. The van der Waals surface area contributed by atoms with E-state index in [2.05, 4.69) is 0 Å². The van der Waals surface area contributed by atoms with Crippen LogP contribution in [0.5, 0.6) is 5.75 Å². The van der Waals surface area contributed by atoms with E-state index in [9.17, 15) is 18.5 Å². The van der Waals surface area contributed by atoms with Gasteiger partial charge in [-0.1, -0.05) is 0 Å². The second-order valence-corrected chi connectivity index (χ2v) is 7.29. The second kappa shape index (κ2) is 4.65. The van der Waals surface area contributed by atoms with Gasteiger partial charge in [0.15, 0.2) is 5.75 Å². The Balaban J connectivity index is 1.89. The lowest BCUT2D eigenvalue weighted by atomic mass is 9.80. The van der Waals surface area contributed by atoms with Gasteiger partial charge in [0, 0.05) is 24.6 Å². The fourth-order valence-electron chi connectivity index (χ4n) is 2.57. The summed E-state index contributed by atoms with van der Waals surface area (Å²) in [5, 5.41) is 11.0. The number of nitrogens with zero attached hydrogens (tertiary/aromatic N) is 2. The van der Waals surface area contributed by atoms with Gasteiger partial charge in [0.25, 0.3) is 0 Å². The summed E-state index contributed by atoms with van der Waals surface area (Å²) in [6.45, 7) is 1.94. The van der Waals surface area contributed by atoms with Gasteiger partial charge in [-0.2, -0.15) is 4.31 Å². The Morgan fingerprint density at radius 1 is 1.38 bits per heavy atom. The van der Waals surface area contributed by atoms with Crippen LogP contribution in [-0.2, 0) is 14.8 Å². The summed E-state index contributed by atoms with van der Waals surface area (Å²) in [5.41, 5.74) is -0.411. The Morgan fingerprint density at radius 3 is 2.52 bits per heavy atom. The normalized spacial score (nSPS) is 20.6. The number of ether oxygens (including phenoxy) is 2. The van der Waals surface area contributed by atoms with Crippen molar-refractivity contribution in [3.8, 4) is 5.75 Å². The first kappa shape index (κ1) is 14.2. The molecule has 0 amide bonds. The zero-order valence-corrected chi connectivity index (χ0v) is 12.1. The van der Waals surface area contributed by atoms with E-state index in [0.717, 1.165) is 6.07 Å². The largest absolute Gasteiger partial charge is 0.490 e. The van der Waals surface area contributed by atoms with Gasteiger partial charge < -0.3 is 9.47 Å². The predicted octanol–water partition coefficient (Wildman–Crippen LogP) is 0.624. The molecular formula is C12H14N2O6S. The highest BCUT2D eigenvalue weighted by Gasteiger charge is 2.53. The molecule has 114 valence electrons. The first-order valence-electron chi connectivity index (χ1n) is 6.28. The number of nitro groups is 1. The van der Waals surface area contributed by atoms with E-state index in [-0.39, 0.29) is 21.7 Å². The van der Waals surface area contributed by atoms with E-state index in [1.54, 1.807) is 0 Å². The third kappa shape index (κ3) is 2.17. The molecule has 2 fully saturated rings. The summed E-state index contributed by atoms with van der Waals surface area (Å²) >= 11 is 0. The molecule has 0 radical (unpaired) electrons. The molecule has 8 nitrogen and oxygen atoms in total. The SMILES string of the molecule is COc1ccc(S(=O)(=O)N2CC3(COC3)C2)cc1[N+](=O)[O-]. The van der Waals surface area contributed by atoms with Crippen LogP contribution < -0.4 is 4.74 Å². The molecule has 0 unspecified atom stereocenters. The van der Waals surface area contributed by atoms with Gasteiger partial charge in [0.2, 0.25) is 10.0 Å². The van der Waals surface area contributed by atoms with Gasteiger partial charge in [-0.3, -0.25) is 10.1 Å². The van der Waals surface area contributed by atoms with E-state index in [1.165, 1.54) is 23.5 Å². The van der Waals surface area contributed by atoms with Crippen molar-refractivity contribution >= 4 is 15.7 Å². The third-order valence-corrected chi connectivity index (χ3v) is 5.61. The quantitative estimate of drug-likeness (QED) is 0.597. The zero-order chi connectivity index (χ0) is 15.3. The first-order chi connectivity index (χ1) is 9.88. The molecule has 0 atom stereocenters. The number of hydrogen-bond donors (Lipinski definition) is 0. The van der Waals surface area contributed by atoms with E-state index in [1.807, 2.05) is 0 Å². The van der Waals surface area contributed by atoms with Crippen molar-refractivity contribution in [2.75, 3.05) is 33.4 Å². The predicted molar refractivity (Wildman–Crippen MR) is 71.7 cm³/mol. The standard InChI is InChI=1S/C12H14N2O6S/c1-19-11-3-2-9(4-10(11)14(15)16)21(17,18)13-5-12(6-13)7-20-8-12/h2-4H,5-8H2,1H3. The topological polar surface area (TPSA) is 99.0 Å². The Bertz CT molecular complexity index is 690. The average molecular weight is 314 g/mol. The molecule has 2 heterocycles. The van der Waals surface area contributed by atoms with Crippen LogP contribution >= 0.6 is 0 Å². The Morgan fingerprint density at radius 2 is 2.05 bits per heavy atom. The van der Waals surface area contributed by atoms with Crippen molar-refractivity contribution in [2.24, 2.45) is 5.41 Å². The molecular weight excluding hydrogens is 300 g/mol. The minimum Gasteiger partial charge on any atom is -0.490 e. The Labute approximate surface area is 121 Å². The lowest BCUT2D eigenvalue weighted by Gasteiger charge is -2.53. The summed E-state index contributed by atoms with van der Waals surface area (Å²) in [4.78, 5) is 10.2. The van der Waals surface area contributed by atoms with Crippen molar-refractivity contribution in [2.45, 2.75) is 4.90 Å². The summed E-state index contributed by atoms with van der Waals surface area (Å²) in [7, 11) is -2.41. The minimum atomic E-state index is -3.71. The lowest BCUT2D eigenvalue weighted by Crippen LogP contribution is -2.66. The number of sulfonamides is 1. The van der Waals surface area contributed by atoms with Gasteiger partial charge in [-0.15, -0.1) is 0 Å². The monoisotopic (exact) mass is 314 g/mol. The molecule has 1 spiro atoms. The minimum absolute atomic E-state index is 0.0337. The first-order valence-corrected chi connectivity index (χ1v) is 7.72. The van der Waals surface area contributed by atoms with Crippen LogP contribution in [0.2, 0.25) is 0 Å². The van der Waals surface area contributed by atoms with E-state index in [0.29, 0.717) is 26.3 Å². The highest BCUT2D eigenvalue weighted by atomic mass is 32.2. The highest BCUT2D eigenvalue weighted by Crippen LogP contribution is 2.41. The maximum absolute atomic E-state index is 12.4. The molecule has 2 aliphatic rings. The molecule has 21 heavy (non-hydrogen) atoms. The van der Waals surface area contributed by atoms with Crippen LogP contribution in [0, 0.1) is 15.5 Å². The fourth-order valence-corrected chi connectivity index (χ4v) is 4.25.